The Morgan fingerprint density at radius 1 is 1.20 bits per heavy atom. The van der Waals surface area contributed by atoms with Crippen molar-refractivity contribution >= 4 is 23.7 Å². The molecular formula is C16H12ClFN6O. The van der Waals surface area contributed by atoms with Crippen LogP contribution in [-0.2, 0) is 11.3 Å². The largest absolute Gasteiger partial charge is 0.271 e. The van der Waals surface area contributed by atoms with E-state index in [9.17, 15) is 9.18 Å². The van der Waals surface area contributed by atoms with Crippen molar-refractivity contribution in [2.24, 2.45) is 5.10 Å². The molecule has 126 valence electrons. The lowest BCUT2D eigenvalue weighted by Gasteiger charge is -1.98. The zero-order chi connectivity index (χ0) is 17.6. The Balaban J connectivity index is 1.56. The molecule has 0 aliphatic carbocycles. The summed E-state index contributed by atoms with van der Waals surface area (Å²) in [6.45, 7) is -0.147. The number of carbonyl (C=O) groups excluding carboxylic acids is 1. The highest BCUT2D eigenvalue weighted by Crippen LogP contribution is 2.13. The molecule has 0 spiro atoms. The van der Waals surface area contributed by atoms with E-state index in [0.717, 1.165) is 10.4 Å². The molecular weight excluding hydrogens is 347 g/mol. The van der Waals surface area contributed by atoms with Gasteiger partial charge in [0.2, 0.25) is 5.82 Å². The van der Waals surface area contributed by atoms with Crippen LogP contribution >= 0.6 is 11.6 Å². The first kappa shape index (κ1) is 16.7. The van der Waals surface area contributed by atoms with E-state index in [1.54, 1.807) is 24.3 Å². The Labute approximate surface area is 147 Å². The Bertz CT molecular complexity index is 892. The topological polar surface area (TPSA) is 85.1 Å². The fraction of sp³-hybridized carbons (Fsp3) is 0.0625. The van der Waals surface area contributed by atoms with Gasteiger partial charge in [0.25, 0.3) is 5.91 Å². The second kappa shape index (κ2) is 7.63. The number of tetrazole rings is 1. The van der Waals surface area contributed by atoms with Crippen LogP contribution in [0, 0.1) is 5.82 Å². The van der Waals surface area contributed by atoms with Crippen LogP contribution in [0.1, 0.15) is 5.56 Å². The number of halogens is 2. The summed E-state index contributed by atoms with van der Waals surface area (Å²) in [6, 6.07) is 12.7. The van der Waals surface area contributed by atoms with Crippen molar-refractivity contribution in [3.05, 3.63) is 64.9 Å². The minimum Gasteiger partial charge on any atom is -0.271 e. The molecule has 25 heavy (non-hydrogen) atoms. The van der Waals surface area contributed by atoms with Crippen LogP contribution in [-0.4, -0.2) is 32.3 Å². The highest BCUT2D eigenvalue weighted by molar-refractivity contribution is 6.30. The molecule has 1 N–H and O–H groups in total. The molecule has 0 aliphatic heterocycles. The molecule has 7 nitrogen and oxygen atoms in total. The van der Waals surface area contributed by atoms with E-state index in [-0.39, 0.29) is 12.4 Å². The lowest BCUT2D eigenvalue weighted by Crippen LogP contribution is -2.24. The zero-order valence-corrected chi connectivity index (χ0v) is 13.6. The van der Waals surface area contributed by atoms with Crippen molar-refractivity contribution in [3.8, 4) is 11.4 Å². The number of benzene rings is 2. The lowest BCUT2D eigenvalue weighted by molar-refractivity contribution is -0.122. The van der Waals surface area contributed by atoms with Crippen molar-refractivity contribution in [3.63, 3.8) is 0 Å². The minimum absolute atomic E-state index is 0.147. The van der Waals surface area contributed by atoms with Crippen LogP contribution in [0.2, 0.25) is 5.02 Å². The quantitative estimate of drug-likeness (QED) is 0.560. The number of hydrogen-bond acceptors (Lipinski definition) is 5. The molecule has 0 bridgehead atoms. The average molecular weight is 359 g/mol. The van der Waals surface area contributed by atoms with Crippen molar-refractivity contribution in [1.29, 1.82) is 0 Å². The maximum Gasteiger partial charge on any atom is 0.263 e. The number of amides is 1. The number of nitrogens with zero attached hydrogens (tertiary/aromatic N) is 5. The van der Waals surface area contributed by atoms with Gasteiger partial charge in [-0.25, -0.2) is 9.82 Å². The third-order valence-electron chi connectivity index (χ3n) is 3.11. The molecule has 0 aliphatic rings. The molecule has 1 aromatic heterocycles. The maximum absolute atomic E-state index is 12.9. The summed E-state index contributed by atoms with van der Waals surface area (Å²) in [5.41, 5.74) is 3.77. The average Bonchev–Trinajstić information content (AvgIpc) is 3.06. The first-order chi connectivity index (χ1) is 12.1. The normalized spacial score (nSPS) is 11.0. The second-order valence-electron chi connectivity index (χ2n) is 5.00. The second-order valence-corrected chi connectivity index (χ2v) is 5.43. The van der Waals surface area contributed by atoms with Crippen LogP contribution in [0.5, 0.6) is 0 Å². The van der Waals surface area contributed by atoms with Gasteiger partial charge in [-0.3, -0.25) is 4.79 Å². The molecule has 2 aromatic carbocycles. The summed E-state index contributed by atoms with van der Waals surface area (Å²) in [5, 5.41) is 16.2. The van der Waals surface area contributed by atoms with Gasteiger partial charge in [-0.1, -0.05) is 23.7 Å². The Morgan fingerprint density at radius 2 is 1.92 bits per heavy atom. The summed E-state index contributed by atoms with van der Waals surface area (Å²) in [5.74, 6) is -0.459. The Morgan fingerprint density at radius 3 is 2.64 bits per heavy atom. The van der Waals surface area contributed by atoms with Gasteiger partial charge < -0.3 is 0 Å². The molecule has 1 heterocycles. The third-order valence-corrected chi connectivity index (χ3v) is 3.37. The van der Waals surface area contributed by atoms with Gasteiger partial charge in [0.15, 0.2) is 0 Å². The summed E-state index contributed by atoms with van der Waals surface area (Å²) in [7, 11) is 0. The van der Waals surface area contributed by atoms with Gasteiger partial charge in [0, 0.05) is 10.6 Å². The van der Waals surface area contributed by atoms with Crippen LogP contribution in [0.4, 0.5) is 4.39 Å². The molecule has 0 fully saturated rings. The Kier molecular flexibility index (Phi) is 5.10. The van der Waals surface area contributed by atoms with E-state index in [4.69, 9.17) is 11.6 Å². The highest BCUT2D eigenvalue weighted by Gasteiger charge is 2.09. The van der Waals surface area contributed by atoms with Crippen LogP contribution in [0.15, 0.2) is 53.6 Å². The maximum atomic E-state index is 12.9. The van der Waals surface area contributed by atoms with Gasteiger partial charge in [-0.05, 0) is 47.2 Å². The number of hydrazone groups is 1. The van der Waals surface area contributed by atoms with Crippen LogP contribution in [0.3, 0.4) is 0 Å². The van der Waals surface area contributed by atoms with E-state index in [1.807, 2.05) is 0 Å². The Hall–Kier alpha value is -3.13. The van der Waals surface area contributed by atoms with E-state index in [2.05, 4.69) is 25.9 Å². The summed E-state index contributed by atoms with van der Waals surface area (Å²) < 4.78 is 12.9. The van der Waals surface area contributed by atoms with E-state index in [0.29, 0.717) is 16.4 Å². The van der Waals surface area contributed by atoms with E-state index < -0.39 is 5.91 Å². The van der Waals surface area contributed by atoms with Crippen molar-refractivity contribution < 1.29 is 9.18 Å². The van der Waals surface area contributed by atoms with Crippen LogP contribution < -0.4 is 5.43 Å². The molecule has 9 heteroatoms. The van der Waals surface area contributed by atoms with Crippen molar-refractivity contribution in [1.82, 2.24) is 25.6 Å². The summed E-state index contributed by atoms with van der Waals surface area (Å²) in [6.07, 6.45) is 1.49. The monoisotopic (exact) mass is 358 g/mol. The fourth-order valence-electron chi connectivity index (χ4n) is 1.92. The smallest absolute Gasteiger partial charge is 0.263 e. The number of rotatable bonds is 5. The van der Waals surface area contributed by atoms with Crippen molar-refractivity contribution in [2.75, 3.05) is 0 Å². The van der Waals surface area contributed by atoms with E-state index >= 15 is 0 Å². The fourth-order valence-corrected chi connectivity index (χ4v) is 2.04. The standard InChI is InChI=1S/C16H12ClFN6O/c17-13-5-1-11(2-6-13)9-19-20-15(25)10-24-22-16(21-23-24)12-3-7-14(18)8-4-12/h1-9H,10H2,(H,20,25)/b19-9-. The number of nitrogens with one attached hydrogen (secondary N) is 1. The number of aromatic nitrogens is 4. The molecule has 3 rings (SSSR count). The SMILES string of the molecule is O=C(Cn1nnc(-c2ccc(F)cc2)n1)N/N=C\c1ccc(Cl)cc1. The predicted octanol–water partition coefficient (Wildman–Crippen LogP) is 2.28. The number of hydrogen-bond donors (Lipinski definition) is 1. The molecule has 1 amide bonds. The summed E-state index contributed by atoms with van der Waals surface area (Å²) in [4.78, 5) is 13.0. The van der Waals surface area contributed by atoms with Gasteiger partial charge in [-0.2, -0.15) is 9.90 Å². The molecule has 0 radical (unpaired) electrons. The number of carbonyl (C=O) groups is 1. The third kappa shape index (κ3) is 4.67. The molecule has 3 aromatic rings. The van der Waals surface area contributed by atoms with Gasteiger partial charge in [0.05, 0.1) is 6.21 Å². The van der Waals surface area contributed by atoms with E-state index in [1.165, 1.54) is 30.5 Å². The highest BCUT2D eigenvalue weighted by atomic mass is 35.5. The first-order valence-electron chi connectivity index (χ1n) is 7.21. The van der Waals surface area contributed by atoms with Gasteiger partial charge in [0.1, 0.15) is 12.4 Å². The molecule has 0 atom stereocenters. The lowest BCUT2D eigenvalue weighted by atomic mass is 10.2. The first-order valence-corrected chi connectivity index (χ1v) is 7.59. The molecule has 0 saturated heterocycles. The zero-order valence-electron chi connectivity index (χ0n) is 12.8. The molecule has 0 saturated carbocycles. The predicted molar refractivity (Wildman–Crippen MR) is 90.4 cm³/mol. The molecule has 0 unspecified atom stereocenters. The summed E-state index contributed by atoms with van der Waals surface area (Å²) >= 11 is 5.79. The van der Waals surface area contributed by atoms with Crippen LogP contribution in [0.25, 0.3) is 11.4 Å². The van der Waals surface area contributed by atoms with Gasteiger partial charge in [-0.15, -0.1) is 10.2 Å². The van der Waals surface area contributed by atoms with Gasteiger partial charge >= 0.3 is 0 Å². The van der Waals surface area contributed by atoms with Crippen molar-refractivity contribution in [2.45, 2.75) is 6.54 Å². The minimum atomic E-state index is -0.409.